The Labute approximate surface area is 180 Å². The molecule has 0 radical (unpaired) electrons. The van der Waals surface area contributed by atoms with E-state index in [4.69, 9.17) is 0 Å². The number of carbonyl (C=O) groups is 3. The summed E-state index contributed by atoms with van der Waals surface area (Å²) in [5.41, 5.74) is 1.62. The van der Waals surface area contributed by atoms with Gasteiger partial charge >= 0.3 is 0 Å². The van der Waals surface area contributed by atoms with Gasteiger partial charge in [0.05, 0.1) is 5.52 Å². The Morgan fingerprint density at radius 1 is 0.903 bits per heavy atom. The molecule has 8 heteroatoms. The predicted molar refractivity (Wildman–Crippen MR) is 115 cm³/mol. The first-order valence-corrected chi connectivity index (χ1v) is 11.5. The summed E-state index contributed by atoms with van der Waals surface area (Å²) in [6.07, 6.45) is 5.58. The molecular weight excluding hydrogens is 394 g/mol. The minimum Gasteiger partial charge on any atom is -0.333 e. The van der Waals surface area contributed by atoms with Gasteiger partial charge < -0.3 is 15.1 Å². The number of hydrogen-bond acceptors (Lipinski definition) is 5. The maximum absolute atomic E-state index is 13.7. The van der Waals surface area contributed by atoms with Crippen molar-refractivity contribution >= 4 is 34.3 Å². The molecule has 162 valence electrons. The molecule has 5 aliphatic rings. The van der Waals surface area contributed by atoms with Crippen molar-refractivity contribution in [2.75, 3.05) is 31.5 Å². The Bertz CT molecular complexity index is 1080. The van der Waals surface area contributed by atoms with Crippen LogP contribution in [0.15, 0.2) is 18.2 Å². The quantitative estimate of drug-likeness (QED) is 0.819. The van der Waals surface area contributed by atoms with Gasteiger partial charge in [-0.25, -0.2) is 0 Å². The molecule has 2 aliphatic carbocycles. The van der Waals surface area contributed by atoms with Crippen molar-refractivity contribution in [3.05, 3.63) is 23.9 Å². The Balaban J connectivity index is 1.39. The van der Waals surface area contributed by atoms with Crippen molar-refractivity contribution < 1.29 is 14.4 Å². The van der Waals surface area contributed by atoms with Crippen LogP contribution in [-0.4, -0.2) is 69.5 Å². The first-order chi connectivity index (χ1) is 15.1. The van der Waals surface area contributed by atoms with E-state index >= 15 is 0 Å². The fourth-order valence-corrected chi connectivity index (χ4v) is 4.90. The number of rotatable bonds is 4. The highest BCUT2D eigenvalue weighted by atomic mass is 16.2. The molecule has 3 saturated heterocycles. The molecular formula is C23H27N5O3. The Kier molecular flexibility index (Phi) is 4.38. The average Bonchev–Trinajstić information content (AvgIpc) is 3.67. The first kappa shape index (κ1) is 19.0. The minimum atomic E-state index is -0.105. The number of piperidine rings is 1. The van der Waals surface area contributed by atoms with E-state index in [-0.39, 0.29) is 35.6 Å². The van der Waals surface area contributed by atoms with Crippen LogP contribution in [0.1, 0.15) is 53.8 Å². The smallest absolute Gasteiger partial charge is 0.275 e. The summed E-state index contributed by atoms with van der Waals surface area (Å²) in [5.74, 6) is -0.0269. The monoisotopic (exact) mass is 421 g/mol. The summed E-state index contributed by atoms with van der Waals surface area (Å²) in [7, 11) is 0. The van der Waals surface area contributed by atoms with Gasteiger partial charge in [0.1, 0.15) is 0 Å². The maximum Gasteiger partial charge on any atom is 0.275 e. The molecule has 7 rings (SSSR count). The number of fused-ring (bicyclic) bond motifs is 5. The summed E-state index contributed by atoms with van der Waals surface area (Å²) >= 11 is 0. The van der Waals surface area contributed by atoms with Crippen molar-refractivity contribution in [2.24, 2.45) is 11.8 Å². The van der Waals surface area contributed by atoms with E-state index in [1.165, 1.54) is 4.68 Å². The van der Waals surface area contributed by atoms with Crippen LogP contribution in [0.3, 0.4) is 0 Å². The molecule has 0 atom stereocenters. The molecule has 5 fully saturated rings. The zero-order chi connectivity index (χ0) is 21.1. The molecule has 1 N–H and O–H groups in total. The molecule has 1 aromatic carbocycles. The molecule has 31 heavy (non-hydrogen) atoms. The third-order valence-corrected chi connectivity index (χ3v) is 7.15. The number of nitrogens with one attached hydrogen (secondary N) is 1. The van der Waals surface area contributed by atoms with Crippen molar-refractivity contribution in [1.82, 2.24) is 19.6 Å². The third kappa shape index (κ3) is 3.43. The minimum absolute atomic E-state index is 0.00174. The molecule has 2 amide bonds. The van der Waals surface area contributed by atoms with Crippen LogP contribution in [0.2, 0.25) is 0 Å². The predicted octanol–water partition coefficient (Wildman–Crippen LogP) is 2.36. The highest BCUT2D eigenvalue weighted by Crippen LogP contribution is 2.34. The summed E-state index contributed by atoms with van der Waals surface area (Å²) < 4.78 is 1.42. The van der Waals surface area contributed by atoms with Crippen LogP contribution in [0.5, 0.6) is 0 Å². The average molecular weight is 422 g/mol. The van der Waals surface area contributed by atoms with Crippen LogP contribution in [0.4, 0.5) is 5.69 Å². The molecule has 0 unspecified atom stereocenters. The molecule has 3 aliphatic heterocycles. The van der Waals surface area contributed by atoms with Gasteiger partial charge in [0.25, 0.3) is 11.8 Å². The molecule has 4 heterocycles. The van der Waals surface area contributed by atoms with Crippen molar-refractivity contribution in [3.8, 4) is 0 Å². The summed E-state index contributed by atoms with van der Waals surface area (Å²) in [5, 5.41) is 8.16. The van der Waals surface area contributed by atoms with E-state index < -0.39 is 0 Å². The van der Waals surface area contributed by atoms with Crippen molar-refractivity contribution in [1.29, 1.82) is 0 Å². The lowest BCUT2D eigenvalue weighted by Crippen LogP contribution is -2.41. The summed E-state index contributed by atoms with van der Waals surface area (Å²) in [6.45, 7) is 3.62. The van der Waals surface area contributed by atoms with Gasteiger partial charge in [-0.1, -0.05) is 0 Å². The molecule has 2 aromatic rings. The fourth-order valence-electron chi connectivity index (χ4n) is 4.90. The summed E-state index contributed by atoms with van der Waals surface area (Å²) in [6, 6.07) is 5.64. The van der Waals surface area contributed by atoms with E-state index in [1.54, 1.807) is 6.07 Å². The standard InChI is InChI=1S/C23H27N5O3/c29-21(14-1-2-14)24-16-5-6-19-18(13-16)20(25-28(19)22(30)15-3-4-15)23(31)27-12-11-26-9-7-17(27)8-10-26/h5-6,13-15,17H,1-4,7-12H2,(H,24,29). The van der Waals surface area contributed by atoms with Crippen LogP contribution in [0.25, 0.3) is 10.9 Å². The lowest BCUT2D eigenvalue weighted by atomic mass is 10.0. The second kappa shape index (κ2) is 7.15. The maximum atomic E-state index is 13.7. The number of anilines is 1. The second-order valence-electron chi connectivity index (χ2n) is 9.44. The Morgan fingerprint density at radius 3 is 2.35 bits per heavy atom. The molecule has 2 bridgehead atoms. The van der Waals surface area contributed by atoms with Crippen LogP contribution < -0.4 is 5.32 Å². The molecule has 1 aromatic heterocycles. The van der Waals surface area contributed by atoms with Gasteiger partial charge in [0.2, 0.25) is 5.91 Å². The molecule has 8 nitrogen and oxygen atoms in total. The molecule has 0 spiro atoms. The van der Waals surface area contributed by atoms with Crippen molar-refractivity contribution in [2.45, 2.75) is 44.6 Å². The fraction of sp³-hybridized carbons (Fsp3) is 0.565. The number of benzene rings is 1. The highest BCUT2D eigenvalue weighted by Gasteiger charge is 2.37. The summed E-state index contributed by atoms with van der Waals surface area (Å²) in [4.78, 5) is 43.1. The zero-order valence-electron chi connectivity index (χ0n) is 17.5. The van der Waals surface area contributed by atoms with E-state index in [9.17, 15) is 14.4 Å². The number of amides is 2. The first-order valence-electron chi connectivity index (χ1n) is 11.5. The van der Waals surface area contributed by atoms with E-state index in [0.29, 0.717) is 28.8 Å². The number of aromatic nitrogens is 2. The van der Waals surface area contributed by atoms with E-state index in [1.807, 2.05) is 17.0 Å². The van der Waals surface area contributed by atoms with Gasteiger partial charge in [-0.05, 0) is 56.7 Å². The van der Waals surface area contributed by atoms with Crippen LogP contribution >= 0.6 is 0 Å². The lowest BCUT2D eigenvalue weighted by molar-refractivity contribution is -0.117. The van der Waals surface area contributed by atoms with E-state index in [0.717, 1.165) is 58.2 Å². The number of hydrogen-bond donors (Lipinski definition) is 1. The SMILES string of the molecule is O=C(Nc1ccc2c(c1)c(C(=O)N1CCN3CCC1CC3)nn2C(=O)C1CC1)C1CC1. The van der Waals surface area contributed by atoms with Gasteiger partial charge in [0.15, 0.2) is 5.69 Å². The number of nitrogens with zero attached hydrogens (tertiary/aromatic N) is 4. The van der Waals surface area contributed by atoms with Crippen molar-refractivity contribution in [3.63, 3.8) is 0 Å². The lowest BCUT2D eigenvalue weighted by Gasteiger charge is -2.31. The van der Waals surface area contributed by atoms with Gasteiger partial charge in [-0.15, -0.1) is 0 Å². The zero-order valence-corrected chi connectivity index (χ0v) is 17.5. The Morgan fingerprint density at radius 2 is 1.65 bits per heavy atom. The number of carbonyl (C=O) groups excluding carboxylic acids is 3. The largest absolute Gasteiger partial charge is 0.333 e. The second-order valence-corrected chi connectivity index (χ2v) is 9.44. The third-order valence-electron chi connectivity index (χ3n) is 7.15. The van der Waals surface area contributed by atoms with Crippen LogP contribution in [-0.2, 0) is 4.79 Å². The van der Waals surface area contributed by atoms with Gasteiger partial charge in [-0.2, -0.15) is 9.78 Å². The molecule has 2 saturated carbocycles. The topological polar surface area (TPSA) is 87.5 Å². The normalized spacial score (nSPS) is 25.5. The van der Waals surface area contributed by atoms with Crippen LogP contribution in [0, 0.1) is 11.8 Å². The van der Waals surface area contributed by atoms with Gasteiger partial charge in [-0.3, -0.25) is 14.4 Å². The Hall–Kier alpha value is -2.74. The van der Waals surface area contributed by atoms with E-state index in [2.05, 4.69) is 15.3 Å². The highest BCUT2D eigenvalue weighted by molar-refractivity contribution is 6.09. The van der Waals surface area contributed by atoms with Gasteiger partial charge in [0, 0.05) is 55.1 Å².